The molecule has 0 saturated carbocycles. The van der Waals surface area contributed by atoms with Crippen molar-refractivity contribution < 1.29 is 13.2 Å². The van der Waals surface area contributed by atoms with Crippen LogP contribution in [-0.2, 0) is 21.4 Å². The summed E-state index contributed by atoms with van der Waals surface area (Å²) < 4.78 is 22.2. The maximum Gasteiger partial charge on any atom is 0.223 e. The summed E-state index contributed by atoms with van der Waals surface area (Å²) in [5.41, 5.74) is 8.43. The Morgan fingerprint density at radius 3 is 2.70 bits per heavy atom. The SMILES string of the molecule is Cc1cc(CN2CC(CS(N)(=O)=O)CC2=O)ccc1N. The minimum atomic E-state index is -3.54. The van der Waals surface area contributed by atoms with Gasteiger partial charge >= 0.3 is 0 Å². The fourth-order valence-corrected chi connectivity index (χ4v) is 3.38. The van der Waals surface area contributed by atoms with Gasteiger partial charge in [-0.3, -0.25) is 4.79 Å². The molecule has 1 unspecified atom stereocenters. The number of primary sulfonamides is 1. The van der Waals surface area contributed by atoms with Crippen molar-refractivity contribution in [2.75, 3.05) is 18.0 Å². The third kappa shape index (κ3) is 3.71. The Kier molecular flexibility index (Phi) is 4.01. The molecular formula is C13H19N3O3S. The zero-order valence-corrected chi connectivity index (χ0v) is 12.2. The molecule has 0 spiro atoms. The van der Waals surface area contributed by atoms with Gasteiger partial charge in [0.2, 0.25) is 15.9 Å². The monoisotopic (exact) mass is 297 g/mol. The Labute approximate surface area is 118 Å². The van der Waals surface area contributed by atoms with Crippen molar-refractivity contribution in [3.8, 4) is 0 Å². The van der Waals surface area contributed by atoms with Gasteiger partial charge in [-0.15, -0.1) is 0 Å². The number of aryl methyl sites for hydroxylation is 1. The van der Waals surface area contributed by atoms with Crippen LogP contribution in [0.4, 0.5) is 5.69 Å². The lowest BCUT2D eigenvalue weighted by atomic mass is 10.1. The molecule has 1 heterocycles. The van der Waals surface area contributed by atoms with Crippen LogP contribution in [0.1, 0.15) is 17.5 Å². The van der Waals surface area contributed by atoms with E-state index in [9.17, 15) is 13.2 Å². The summed E-state index contributed by atoms with van der Waals surface area (Å²) in [5.74, 6) is -0.392. The first kappa shape index (κ1) is 14.8. The lowest BCUT2D eigenvalue weighted by molar-refractivity contribution is -0.128. The molecule has 1 fully saturated rings. The molecule has 4 N–H and O–H groups in total. The zero-order valence-electron chi connectivity index (χ0n) is 11.4. The van der Waals surface area contributed by atoms with Gasteiger partial charge in [0.25, 0.3) is 0 Å². The highest BCUT2D eigenvalue weighted by atomic mass is 32.2. The van der Waals surface area contributed by atoms with E-state index in [1.807, 2.05) is 25.1 Å². The predicted octanol–water partition coefficient (Wildman–Crippen LogP) is 0.214. The Hall–Kier alpha value is -1.60. The number of carbonyl (C=O) groups excluding carboxylic acids is 1. The van der Waals surface area contributed by atoms with Crippen LogP contribution in [0.3, 0.4) is 0 Å². The largest absolute Gasteiger partial charge is 0.399 e. The second-order valence-electron chi connectivity index (χ2n) is 5.36. The summed E-state index contributed by atoms with van der Waals surface area (Å²) in [6.45, 7) is 2.81. The fourth-order valence-electron chi connectivity index (χ4n) is 2.50. The molecule has 0 aliphatic carbocycles. The van der Waals surface area contributed by atoms with Gasteiger partial charge < -0.3 is 10.6 Å². The van der Waals surface area contributed by atoms with Crippen molar-refractivity contribution >= 4 is 21.6 Å². The topological polar surface area (TPSA) is 106 Å². The van der Waals surface area contributed by atoms with Crippen LogP contribution in [0.5, 0.6) is 0 Å². The van der Waals surface area contributed by atoms with Crippen LogP contribution in [0.2, 0.25) is 0 Å². The minimum Gasteiger partial charge on any atom is -0.399 e. The molecule has 1 saturated heterocycles. The molecular weight excluding hydrogens is 278 g/mol. The number of nitrogens with two attached hydrogens (primary N) is 2. The van der Waals surface area contributed by atoms with E-state index in [0.29, 0.717) is 18.8 Å². The van der Waals surface area contributed by atoms with Crippen molar-refractivity contribution in [1.82, 2.24) is 4.90 Å². The molecule has 1 amide bonds. The number of likely N-dealkylation sites (tertiary alicyclic amines) is 1. The van der Waals surface area contributed by atoms with Crippen LogP contribution in [-0.4, -0.2) is 31.5 Å². The molecule has 1 atom stereocenters. The number of amides is 1. The second kappa shape index (κ2) is 5.41. The Morgan fingerprint density at radius 2 is 2.10 bits per heavy atom. The Balaban J connectivity index is 2.03. The molecule has 20 heavy (non-hydrogen) atoms. The van der Waals surface area contributed by atoms with Crippen LogP contribution >= 0.6 is 0 Å². The van der Waals surface area contributed by atoms with Gasteiger partial charge in [-0.25, -0.2) is 13.6 Å². The van der Waals surface area contributed by atoms with E-state index < -0.39 is 10.0 Å². The van der Waals surface area contributed by atoms with E-state index in [1.165, 1.54) is 0 Å². The molecule has 1 aliphatic heterocycles. The fraction of sp³-hybridized carbons (Fsp3) is 0.462. The number of hydrogen-bond donors (Lipinski definition) is 2. The molecule has 0 radical (unpaired) electrons. The standard InChI is InChI=1S/C13H19N3O3S/c1-9-4-10(2-3-12(9)14)6-16-7-11(5-13(16)17)8-20(15,18)19/h2-4,11H,5-8,14H2,1H3,(H2,15,18,19). The highest BCUT2D eigenvalue weighted by Crippen LogP contribution is 2.22. The van der Waals surface area contributed by atoms with E-state index in [0.717, 1.165) is 11.1 Å². The number of benzene rings is 1. The van der Waals surface area contributed by atoms with E-state index in [-0.39, 0.29) is 24.0 Å². The van der Waals surface area contributed by atoms with Gasteiger partial charge in [-0.2, -0.15) is 0 Å². The predicted molar refractivity (Wildman–Crippen MR) is 77.1 cm³/mol. The van der Waals surface area contributed by atoms with Crippen molar-refractivity contribution in [1.29, 1.82) is 0 Å². The summed E-state index contributed by atoms with van der Waals surface area (Å²) in [5, 5.41) is 5.02. The average molecular weight is 297 g/mol. The van der Waals surface area contributed by atoms with Crippen LogP contribution in [0.25, 0.3) is 0 Å². The van der Waals surface area contributed by atoms with Crippen LogP contribution in [0, 0.1) is 12.8 Å². The smallest absolute Gasteiger partial charge is 0.223 e. The number of sulfonamides is 1. The highest BCUT2D eigenvalue weighted by Gasteiger charge is 2.31. The summed E-state index contributed by atoms with van der Waals surface area (Å²) in [4.78, 5) is 13.6. The highest BCUT2D eigenvalue weighted by molar-refractivity contribution is 7.89. The molecule has 0 aromatic heterocycles. The first-order valence-electron chi connectivity index (χ1n) is 6.38. The van der Waals surface area contributed by atoms with Crippen molar-refractivity contribution in [2.45, 2.75) is 19.9 Å². The van der Waals surface area contributed by atoms with Gasteiger partial charge in [0.1, 0.15) is 0 Å². The third-order valence-corrected chi connectivity index (χ3v) is 4.41. The van der Waals surface area contributed by atoms with Gasteiger partial charge in [0.05, 0.1) is 5.75 Å². The number of hydrogen-bond acceptors (Lipinski definition) is 4. The van der Waals surface area contributed by atoms with Gasteiger partial charge in [-0.1, -0.05) is 12.1 Å². The normalized spacial score (nSPS) is 19.6. The lowest BCUT2D eigenvalue weighted by Gasteiger charge is -2.17. The van der Waals surface area contributed by atoms with Gasteiger partial charge in [0.15, 0.2) is 0 Å². The molecule has 1 aromatic carbocycles. The number of nitrogens with zero attached hydrogens (tertiary/aromatic N) is 1. The molecule has 0 bridgehead atoms. The maximum absolute atomic E-state index is 11.9. The lowest BCUT2D eigenvalue weighted by Crippen LogP contribution is -2.27. The minimum absolute atomic E-state index is 0.0341. The Morgan fingerprint density at radius 1 is 1.40 bits per heavy atom. The Bertz CT molecular complexity index is 628. The van der Waals surface area contributed by atoms with E-state index in [1.54, 1.807) is 4.90 Å². The quantitative estimate of drug-likeness (QED) is 0.775. The van der Waals surface area contributed by atoms with Crippen LogP contribution in [0.15, 0.2) is 18.2 Å². The zero-order chi connectivity index (χ0) is 14.9. The summed E-state index contributed by atoms with van der Waals surface area (Å²) >= 11 is 0. The molecule has 1 aromatic rings. The first-order valence-corrected chi connectivity index (χ1v) is 8.09. The second-order valence-corrected chi connectivity index (χ2v) is 7.02. The van der Waals surface area contributed by atoms with Gasteiger partial charge in [0, 0.05) is 31.1 Å². The summed E-state index contributed by atoms with van der Waals surface area (Å²) in [6.07, 6.45) is 0.240. The summed E-state index contributed by atoms with van der Waals surface area (Å²) in [6, 6.07) is 5.63. The third-order valence-electron chi connectivity index (χ3n) is 3.47. The molecule has 110 valence electrons. The van der Waals surface area contributed by atoms with E-state index in [2.05, 4.69) is 0 Å². The van der Waals surface area contributed by atoms with Crippen molar-refractivity contribution in [3.05, 3.63) is 29.3 Å². The number of nitrogen functional groups attached to an aromatic ring is 1. The van der Waals surface area contributed by atoms with E-state index >= 15 is 0 Å². The average Bonchev–Trinajstić information content (AvgIpc) is 2.62. The number of carbonyl (C=O) groups is 1. The van der Waals surface area contributed by atoms with Crippen LogP contribution < -0.4 is 10.9 Å². The summed E-state index contributed by atoms with van der Waals surface area (Å²) in [7, 11) is -3.54. The molecule has 7 heteroatoms. The molecule has 2 rings (SSSR count). The number of rotatable bonds is 4. The van der Waals surface area contributed by atoms with Crippen molar-refractivity contribution in [2.24, 2.45) is 11.1 Å². The number of anilines is 1. The van der Waals surface area contributed by atoms with Gasteiger partial charge in [-0.05, 0) is 24.1 Å². The van der Waals surface area contributed by atoms with Crippen molar-refractivity contribution in [3.63, 3.8) is 0 Å². The first-order chi connectivity index (χ1) is 9.24. The maximum atomic E-state index is 11.9. The van der Waals surface area contributed by atoms with E-state index in [4.69, 9.17) is 10.9 Å². The molecule has 1 aliphatic rings. The molecule has 6 nitrogen and oxygen atoms in total.